The van der Waals surface area contributed by atoms with Crippen LogP contribution in [0.25, 0.3) is 17.1 Å². The Balaban J connectivity index is 1.86. The fourth-order valence-electron chi connectivity index (χ4n) is 3.29. The lowest BCUT2D eigenvalue weighted by Crippen LogP contribution is -2.16. The van der Waals surface area contributed by atoms with E-state index in [4.69, 9.17) is 0 Å². The number of aryl methyl sites for hydroxylation is 1. The Hall–Kier alpha value is -2.43. The number of nitrogens with zero attached hydrogens (tertiary/aromatic N) is 3. The van der Waals surface area contributed by atoms with E-state index in [-0.39, 0.29) is 5.56 Å². The third-order valence-electron chi connectivity index (χ3n) is 4.68. The molecule has 0 spiro atoms. The second kappa shape index (κ2) is 5.33. The molecule has 0 amide bonds. The van der Waals surface area contributed by atoms with Crippen LogP contribution in [0.3, 0.4) is 0 Å². The van der Waals surface area contributed by atoms with Crippen molar-refractivity contribution in [2.75, 3.05) is 0 Å². The Labute approximate surface area is 134 Å². The number of H-pyrrole nitrogens is 1. The van der Waals surface area contributed by atoms with Crippen molar-refractivity contribution in [1.82, 2.24) is 20.0 Å². The summed E-state index contributed by atoms with van der Waals surface area (Å²) in [6.45, 7) is 4.31. The van der Waals surface area contributed by atoms with Gasteiger partial charge in [-0.05, 0) is 49.3 Å². The molecular formula is C18H20N4O. The standard InChI is InChI=1S/C18H20N4O/c1-11(2)12-7-9-13(10-8-12)22-18(23)17-16(21-22)14-5-3-4-6-15(14)19-20-17/h7-11,19H,3-6H2,1-2H3. The van der Waals surface area contributed by atoms with Crippen LogP contribution in [0.2, 0.25) is 0 Å². The van der Waals surface area contributed by atoms with Crippen molar-refractivity contribution in [1.29, 1.82) is 0 Å². The molecule has 1 aromatic rings. The Bertz CT molecular complexity index is 873. The highest BCUT2D eigenvalue weighted by molar-refractivity contribution is 5.61. The first kappa shape index (κ1) is 14.2. The lowest BCUT2D eigenvalue weighted by atomic mass is 9.94. The van der Waals surface area contributed by atoms with Crippen molar-refractivity contribution in [3.63, 3.8) is 0 Å². The van der Waals surface area contributed by atoms with Gasteiger partial charge in [0, 0.05) is 11.3 Å². The largest absolute Gasteiger partial charge is 0.301 e. The molecule has 0 saturated heterocycles. The quantitative estimate of drug-likeness (QED) is 0.791. The van der Waals surface area contributed by atoms with Gasteiger partial charge in [0.15, 0.2) is 5.69 Å². The Morgan fingerprint density at radius 2 is 1.83 bits per heavy atom. The number of rotatable bonds is 2. The zero-order chi connectivity index (χ0) is 16.0. The number of benzene rings is 1. The summed E-state index contributed by atoms with van der Waals surface area (Å²) in [4.78, 5) is 12.7. The first-order valence-electron chi connectivity index (χ1n) is 8.24. The highest BCUT2D eigenvalue weighted by Crippen LogP contribution is 2.27. The van der Waals surface area contributed by atoms with Crippen LogP contribution in [0.5, 0.6) is 0 Å². The molecule has 118 valence electrons. The highest BCUT2D eigenvalue weighted by Gasteiger charge is 2.25. The van der Waals surface area contributed by atoms with Gasteiger partial charge in [-0.25, -0.2) is 0 Å². The lowest BCUT2D eigenvalue weighted by Gasteiger charge is -2.16. The molecular weight excluding hydrogens is 288 g/mol. The number of fused-ring (bicyclic) bond motifs is 3. The van der Waals surface area contributed by atoms with Crippen LogP contribution in [-0.4, -0.2) is 20.0 Å². The Kier molecular flexibility index (Phi) is 3.29. The minimum atomic E-state index is -0.151. The molecule has 0 bridgehead atoms. The maximum absolute atomic E-state index is 12.7. The van der Waals surface area contributed by atoms with Gasteiger partial charge in [-0.1, -0.05) is 26.0 Å². The van der Waals surface area contributed by atoms with Crippen LogP contribution < -0.4 is 5.56 Å². The van der Waals surface area contributed by atoms with E-state index in [9.17, 15) is 4.79 Å². The van der Waals surface area contributed by atoms with Gasteiger partial charge in [-0.3, -0.25) is 9.89 Å². The summed E-state index contributed by atoms with van der Waals surface area (Å²) in [5.41, 5.74) is 5.39. The SMILES string of the molecule is CC(C)c1ccc(-n2nc3c4c([nH]nc-3c2=O)CCCC4)cc1. The van der Waals surface area contributed by atoms with Gasteiger partial charge in [0.05, 0.1) is 5.69 Å². The minimum Gasteiger partial charge on any atom is -0.281 e. The molecule has 1 aliphatic carbocycles. The van der Waals surface area contributed by atoms with Crippen molar-refractivity contribution in [3.8, 4) is 17.1 Å². The molecule has 23 heavy (non-hydrogen) atoms. The summed E-state index contributed by atoms with van der Waals surface area (Å²) >= 11 is 0. The van der Waals surface area contributed by atoms with Gasteiger partial charge in [-0.15, -0.1) is 0 Å². The normalized spacial score (nSPS) is 14.4. The fourth-order valence-corrected chi connectivity index (χ4v) is 3.29. The molecule has 0 aromatic heterocycles. The van der Waals surface area contributed by atoms with Crippen LogP contribution in [-0.2, 0) is 12.8 Å². The van der Waals surface area contributed by atoms with Gasteiger partial charge < -0.3 is 0 Å². The van der Waals surface area contributed by atoms with E-state index < -0.39 is 0 Å². The Morgan fingerprint density at radius 3 is 2.57 bits per heavy atom. The van der Waals surface area contributed by atoms with Crippen LogP contribution in [0, 0.1) is 0 Å². The molecule has 0 radical (unpaired) electrons. The van der Waals surface area contributed by atoms with Gasteiger partial charge in [0.2, 0.25) is 0 Å². The van der Waals surface area contributed by atoms with Crippen LogP contribution >= 0.6 is 0 Å². The van der Waals surface area contributed by atoms with E-state index in [2.05, 4.69) is 41.3 Å². The summed E-state index contributed by atoms with van der Waals surface area (Å²) in [5.74, 6) is 0.468. The highest BCUT2D eigenvalue weighted by atomic mass is 16.1. The number of hydrogen-bond donors (Lipinski definition) is 1. The van der Waals surface area contributed by atoms with Crippen LogP contribution in [0.1, 0.15) is 49.4 Å². The number of nitrogens with one attached hydrogen (secondary N) is 1. The molecule has 5 nitrogen and oxygen atoms in total. The molecule has 1 aromatic carbocycles. The first-order chi connectivity index (χ1) is 11.1. The first-order valence-corrected chi connectivity index (χ1v) is 8.24. The molecule has 2 heterocycles. The summed E-state index contributed by atoms with van der Waals surface area (Å²) in [7, 11) is 0. The van der Waals surface area contributed by atoms with E-state index in [0.717, 1.165) is 48.3 Å². The van der Waals surface area contributed by atoms with Gasteiger partial charge >= 0.3 is 5.56 Å². The summed E-state index contributed by atoms with van der Waals surface area (Å²) in [6, 6.07) is 8.03. The molecule has 3 aliphatic rings. The number of aromatic nitrogens is 4. The molecule has 1 N–H and O–H groups in total. The molecule has 0 atom stereocenters. The van der Waals surface area contributed by atoms with E-state index in [1.807, 2.05) is 12.1 Å². The van der Waals surface area contributed by atoms with Crippen molar-refractivity contribution in [2.45, 2.75) is 45.4 Å². The van der Waals surface area contributed by atoms with Gasteiger partial charge in [-0.2, -0.15) is 14.9 Å². The topological polar surface area (TPSA) is 63.6 Å². The molecule has 2 aliphatic heterocycles. The number of hydrogen-bond acceptors (Lipinski definition) is 3. The van der Waals surface area contributed by atoms with E-state index in [0.29, 0.717) is 11.6 Å². The van der Waals surface area contributed by atoms with Crippen molar-refractivity contribution in [2.24, 2.45) is 0 Å². The third-order valence-corrected chi connectivity index (χ3v) is 4.68. The maximum atomic E-state index is 12.7. The monoisotopic (exact) mass is 308 g/mol. The van der Waals surface area contributed by atoms with E-state index in [1.165, 1.54) is 10.2 Å². The van der Waals surface area contributed by atoms with E-state index >= 15 is 0 Å². The fraction of sp³-hybridized carbons (Fsp3) is 0.389. The lowest BCUT2D eigenvalue weighted by molar-refractivity contribution is 0.653. The van der Waals surface area contributed by atoms with Crippen LogP contribution in [0.15, 0.2) is 29.1 Å². The van der Waals surface area contributed by atoms with Gasteiger partial charge in [0.25, 0.3) is 0 Å². The summed E-state index contributed by atoms with van der Waals surface area (Å²) in [6.07, 6.45) is 4.26. The molecule has 0 saturated carbocycles. The average Bonchev–Trinajstić information content (AvgIpc) is 2.92. The molecule has 0 unspecified atom stereocenters. The van der Waals surface area contributed by atoms with E-state index in [1.54, 1.807) is 0 Å². The zero-order valence-corrected chi connectivity index (χ0v) is 13.5. The second-order valence-corrected chi connectivity index (χ2v) is 6.55. The predicted molar refractivity (Wildman–Crippen MR) is 89.3 cm³/mol. The van der Waals surface area contributed by atoms with Crippen molar-refractivity contribution in [3.05, 3.63) is 51.4 Å². The number of aromatic amines is 1. The van der Waals surface area contributed by atoms with Crippen LogP contribution in [0.4, 0.5) is 0 Å². The van der Waals surface area contributed by atoms with Gasteiger partial charge in [0.1, 0.15) is 5.69 Å². The Morgan fingerprint density at radius 1 is 1.09 bits per heavy atom. The van der Waals surface area contributed by atoms with Crippen molar-refractivity contribution < 1.29 is 0 Å². The molecule has 0 fully saturated rings. The maximum Gasteiger partial charge on any atom is 0.301 e. The molecule has 4 rings (SSSR count). The second-order valence-electron chi connectivity index (χ2n) is 6.55. The third kappa shape index (κ3) is 2.27. The zero-order valence-electron chi connectivity index (χ0n) is 13.5. The predicted octanol–water partition coefficient (Wildman–Crippen LogP) is 3.06. The smallest absolute Gasteiger partial charge is 0.281 e. The average molecular weight is 308 g/mol. The minimum absolute atomic E-state index is 0.151. The summed E-state index contributed by atoms with van der Waals surface area (Å²) < 4.78 is 1.48. The molecule has 5 heteroatoms. The summed E-state index contributed by atoms with van der Waals surface area (Å²) in [5, 5.41) is 11.9. The van der Waals surface area contributed by atoms with Crippen molar-refractivity contribution >= 4 is 0 Å².